The molecule has 8 heteroatoms. The number of benzene rings is 2. The van der Waals surface area contributed by atoms with Crippen LogP contribution in [0.25, 0.3) is 0 Å². The standard InChI is InChI=1S/C20H23NO6S/c1-13-5-10-18(26-3)16(11-13)12-19(22)27-14(2)20(23)15-6-8-17(9-7-15)21-28(4,24)25/h5-11,14,21H,12H2,1-4H3/t14-/m1/s1. The zero-order valence-corrected chi connectivity index (χ0v) is 17.0. The molecule has 28 heavy (non-hydrogen) atoms. The highest BCUT2D eigenvalue weighted by atomic mass is 32.2. The monoisotopic (exact) mass is 405 g/mol. The Morgan fingerprint density at radius 1 is 1.11 bits per heavy atom. The Bertz CT molecular complexity index is 967. The molecule has 0 aliphatic carbocycles. The maximum absolute atomic E-state index is 12.5. The minimum absolute atomic E-state index is 0.0142. The average molecular weight is 405 g/mol. The third kappa shape index (κ3) is 6.09. The van der Waals surface area contributed by atoms with Crippen molar-refractivity contribution < 1.29 is 27.5 Å². The number of carbonyl (C=O) groups is 2. The number of carbonyl (C=O) groups excluding carboxylic acids is 2. The number of anilines is 1. The van der Waals surface area contributed by atoms with Gasteiger partial charge in [-0.2, -0.15) is 0 Å². The zero-order valence-electron chi connectivity index (χ0n) is 16.2. The minimum atomic E-state index is -3.40. The van der Waals surface area contributed by atoms with E-state index in [0.717, 1.165) is 11.8 Å². The van der Waals surface area contributed by atoms with Crippen LogP contribution < -0.4 is 9.46 Å². The highest BCUT2D eigenvalue weighted by Crippen LogP contribution is 2.21. The van der Waals surface area contributed by atoms with Gasteiger partial charge in [0.05, 0.1) is 19.8 Å². The summed E-state index contributed by atoms with van der Waals surface area (Å²) in [6.45, 7) is 3.40. The fourth-order valence-electron chi connectivity index (χ4n) is 2.64. The molecule has 0 aliphatic heterocycles. The van der Waals surface area contributed by atoms with Crippen LogP contribution in [0.3, 0.4) is 0 Å². The molecule has 0 radical (unpaired) electrons. The number of ether oxygens (including phenoxy) is 2. The Kier molecular flexibility index (Phi) is 6.80. The van der Waals surface area contributed by atoms with Crippen LogP contribution in [0.4, 0.5) is 5.69 Å². The molecule has 0 heterocycles. The van der Waals surface area contributed by atoms with Gasteiger partial charge in [-0.05, 0) is 44.2 Å². The lowest BCUT2D eigenvalue weighted by molar-refractivity contribution is -0.145. The van der Waals surface area contributed by atoms with Crippen molar-refractivity contribution in [2.45, 2.75) is 26.4 Å². The number of nitrogens with one attached hydrogen (secondary N) is 1. The summed E-state index contributed by atoms with van der Waals surface area (Å²) in [4.78, 5) is 24.7. The van der Waals surface area contributed by atoms with E-state index in [-0.39, 0.29) is 12.2 Å². The first-order valence-corrected chi connectivity index (χ1v) is 10.4. The third-order valence-electron chi connectivity index (χ3n) is 3.92. The van der Waals surface area contributed by atoms with E-state index < -0.39 is 22.1 Å². The highest BCUT2D eigenvalue weighted by molar-refractivity contribution is 7.92. The number of rotatable bonds is 8. The maximum Gasteiger partial charge on any atom is 0.311 e. The minimum Gasteiger partial charge on any atom is -0.496 e. The van der Waals surface area contributed by atoms with E-state index in [1.54, 1.807) is 6.07 Å². The molecule has 0 saturated carbocycles. The molecule has 0 bridgehead atoms. The maximum atomic E-state index is 12.5. The zero-order chi connectivity index (χ0) is 20.9. The Morgan fingerprint density at radius 3 is 2.32 bits per heavy atom. The largest absolute Gasteiger partial charge is 0.496 e. The molecule has 1 atom stereocenters. The van der Waals surface area contributed by atoms with Gasteiger partial charge in [-0.3, -0.25) is 14.3 Å². The number of aryl methyl sites for hydroxylation is 1. The van der Waals surface area contributed by atoms with Gasteiger partial charge in [0, 0.05) is 16.8 Å². The fourth-order valence-corrected chi connectivity index (χ4v) is 3.21. The summed E-state index contributed by atoms with van der Waals surface area (Å²) in [5.74, 6) is -0.342. The van der Waals surface area contributed by atoms with Crippen molar-refractivity contribution in [1.29, 1.82) is 0 Å². The molecule has 0 fully saturated rings. The molecule has 0 aliphatic rings. The van der Waals surface area contributed by atoms with E-state index in [2.05, 4.69) is 4.72 Å². The molecule has 0 amide bonds. The summed E-state index contributed by atoms with van der Waals surface area (Å²) in [6, 6.07) is 11.4. The molecule has 2 rings (SSSR count). The van der Waals surface area contributed by atoms with Gasteiger partial charge in [0.1, 0.15) is 5.75 Å². The first kappa shape index (κ1) is 21.4. The van der Waals surface area contributed by atoms with E-state index in [1.807, 2.05) is 19.1 Å². The lowest BCUT2D eigenvalue weighted by Crippen LogP contribution is -2.25. The second kappa shape index (κ2) is 8.88. The highest BCUT2D eigenvalue weighted by Gasteiger charge is 2.20. The first-order valence-electron chi connectivity index (χ1n) is 8.54. The Labute approximate surface area is 164 Å². The molecular weight excluding hydrogens is 382 g/mol. The summed E-state index contributed by atoms with van der Waals surface area (Å²) in [5.41, 5.74) is 2.32. The van der Waals surface area contributed by atoms with Gasteiger partial charge < -0.3 is 9.47 Å². The van der Waals surface area contributed by atoms with E-state index in [9.17, 15) is 18.0 Å². The van der Waals surface area contributed by atoms with Gasteiger partial charge in [-0.1, -0.05) is 17.7 Å². The van der Waals surface area contributed by atoms with Crippen LogP contribution in [0.15, 0.2) is 42.5 Å². The van der Waals surface area contributed by atoms with Crippen molar-refractivity contribution in [2.75, 3.05) is 18.1 Å². The van der Waals surface area contributed by atoms with Crippen molar-refractivity contribution >= 4 is 27.5 Å². The summed E-state index contributed by atoms with van der Waals surface area (Å²) in [7, 11) is -1.87. The predicted molar refractivity (Wildman–Crippen MR) is 106 cm³/mol. The fraction of sp³-hybridized carbons (Fsp3) is 0.300. The normalized spacial score (nSPS) is 12.1. The Hall–Kier alpha value is -2.87. The number of sulfonamides is 1. The number of Topliss-reactive ketones (excluding diaryl/α,β-unsaturated/α-hetero) is 1. The van der Waals surface area contributed by atoms with Crippen LogP contribution in [-0.2, 0) is 26.0 Å². The Morgan fingerprint density at radius 2 is 1.75 bits per heavy atom. The predicted octanol–water partition coefficient (Wildman–Crippen LogP) is 2.73. The smallest absolute Gasteiger partial charge is 0.311 e. The Balaban J connectivity index is 2.02. The molecule has 2 aromatic carbocycles. The molecule has 0 unspecified atom stereocenters. The van der Waals surface area contributed by atoms with Crippen LogP contribution in [-0.4, -0.2) is 39.6 Å². The molecule has 0 spiro atoms. The second-order valence-electron chi connectivity index (χ2n) is 6.44. The van der Waals surface area contributed by atoms with E-state index in [0.29, 0.717) is 22.6 Å². The second-order valence-corrected chi connectivity index (χ2v) is 8.19. The molecule has 0 aromatic heterocycles. The number of hydrogen-bond acceptors (Lipinski definition) is 6. The van der Waals surface area contributed by atoms with Crippen LogP contribution in [0, 0.1) is 6.92 Å². The van der Waals surface area contributed by atoms with E-state index >= 15 is 0 Å². The van der Waals surface area contributed by atoms with E-state index in [4.69, 9.17) is 9.47 Å². The summed E-state index contributed by atoms with van der Waals surface area (Å²) < 4.78 is 35.3. The number of ketones is 1. The molecule has 0 saturated heterocycles. The quantitative estimate of drug-likeness (QED) is 0.536. The SMILES string of the molecule is COc1ccc(C)cc1CC(=O)O[C@H](C)C(=O)c1ccc(NS(C)(=O)=O)cc1. The van der Waals surface area contributed by atoms with Crippen molar-refractivity contribution in [2.24, 2.45) is 0 Å². The van der Waals surface area contributed by atoms with Crippen molar-refractivity contribution in [1.82, 2.24) is 0 Å². The molecule has 2 aromatic rings. The van der Waals surface area contributed by atoms with Crippen molar-refractivity contribution in [3.8, 4) is 5.75 Å². The van der Waals surface area contributed by atoms with Crippen LogP contribution >= 0.6 is 0 Å². The van der Waals surface area contributed by atoms with Crippen LogP contribution in [0.5, 0.6) is 5.75 Å². The molecular formula is C20H23NO6S. The average Bonchev–Trinajstić information content (AvgIpc) is 2.60. The van der Waals surface area contributed by atoms with Crippen molar-refractivity contribution in [3.05, 3.63) is 59.2 Å². The lowest BCUT2D eigenvalue weighted by atomic mass is 10.1. The lowest BCUT2D eigenvalue weighted by Gasteiger charge is -2.14. The van der Waals surface area contributed by atoms with Crippen LogP contribution in [0.1, 0.15) is 28.4 Å². The van der Waals surface area contributed by atoms with Crippen LogP contribution in [0.2, 0.25) is 0 Å². The van der Waals surface area contributed by atoms with Crippen molar-refractivity contribution in [3.63, 3.8) is 0 Å². The van der Waals surface area contributed by atoms with Gasteiger partial charge in [0.15, 0.2) is 6.10 Å². The number of hydrogen-bond donors (Lipinski definition) is 1. The summed E-state index contributed by atoms with van der Waals surface area (Å²) in [5, 5.41) is 0. The summed E-state index contributed by atoms with van der Waals surface area (Å²) in [6.07, 6.45) is 0.0493. The van der Waals surface area contributed by atoms with Gasteiger partial charge in [0.2, 0.25) is 15.8 Å². The molecule has 150 valence electrons. The van der Waals surface area contributed by atoms with Gasteiger partial charge in [-0.15, -0.1) is 0 Å². The first-order chi connectivity index (χ1) is 13.1. The van der Waals surface area contributed by atoms with Gasteiger partial charge >= 0.3 is 5.97 Å². The number of esters is 1. The summed E-state index contributed by atoms with van der Waals surface area (Å²) >= 11 is 0. The number of methoxy groups -OCH3 is 1. The topological polar surface area (TPSA) is 98.8 Å². The third-order valence-corrected chi connectivity index (χ3v) is 4.53. The van der Waals surface area contributed by atoms with Gasteiger partial charge in [-0.25, -0.2) is 8.42 Å². The molecule has 1 N–H and O–H groups in total. The van der Waals surface area contributed by atoms with Gasteiger partial charge in [0.25, 0.3) is 0 Å². The molecule has 7 nitrogen and oxygen atoms in total. The van der Waals surface area contributed by atoms with E-state index in [1.165, 1.54) is 38.3 Å².